The first-order valence-electron chi connectivity index (χ1n) is 7.30. The smallest absolute Gasteiger partial charge is 0.221 e. The Bertz CT molecular complexity index is 611. The number of anilines is 1. The van der Waals surface area contributed by atoms with Gasteiger partial charge in [0.15, 0.2) is 0 Å². The van der Waals surface area contributed by atoms with Crippen molar-refractivity contribution in [3.8, 4) is 0 Å². The Labute approximate surface area is 126 Å². The molecule has 0 aliphatic carbocycles. The Morgan fingerprint density at radius 2 is 2.00 bits per heavy atom. The third-order valence-corrected chi connectivity index (χ3v) is 3.50. The summed E-state index contributed by atoms with van der Waals surface area (Å²) in [4.78, 5) is 6.52. The van der Waals surface area contributed by atoms with Crippen LogP contribution in [0.15, 0.2) is 35.6 Å². The fraction of sp³-hybridized carbons (Fsp3) is 0.375. The monoisotopic (exact) mass is 285 g/mol. The third kappa shape index (κ3) is 3.92. The van der Waals surface area contributed by atoms with Crippen LogP contribution in [0.3, 0.4) is 0 Å². The quantitative estimate of drug-likeness (QED) is 0.830. The van der Waals surface area contributed by atoms with Gasteiger partial charge in [0.2, 0.25) is 5.95 Å². The molecule has 0 aliphatic heterocycles. The van der Waals surface area contributed by atoms with Crippen LogP contribution in [-0.2, 0) is 6.54 Å². The number of aryl methyl sites for hydroxylation is 1. The van der Waals surface area contributed by atoms with E-state index in [4.69, 9.17) is 5.73 Å². The summed E-state index contributed by atoms with van der Waals surface area (Å²) in [5.74, 6) is 0.407. The molecule has 1 aromatic carbocycles. The molecule has 5 nitrogen and oxygen atoms in total. The standard InChI is InChI=1S/C16H23N5/c1-4-20(5-2)12-15-9-7-6-8-14(15)10-18-21-11-13(3)19-16(21)17/h6-11H,4-5,12H2,1-3H3,(H2,17,19). The van der Waals surface area contributed by atoms with Crippen molar-refractivity contribution in [3.63, 3.8) is 0 Å². The number of benzene rings is 1. The van der Waals surface area contributed by atoms with E-state index in [0.29, 0.717) is 5.95 Å². The Hall–Kier alpha value is -2.14. The SMILES string of the molecule is CCN(CC)Cc1ccccc1C=Nn1cc(C)nc1N. The van der Waals surface area contributed by atoms with Crippen molar-refractivity contribution in [3.05, 3.63) is 47.3 Å². The molecule has 5 heteroatoms. The zero-order valence-electron chi connectivity index (χ0n) is 13.0. The van der Waals surface area contributed by atoms with Gasteiger partial charge in [-0.05, 0) is 31.1 Å². The number of nitrogens with zero attached hydrogens (tertiary/aromatic N) is 4. The maximum Gasteiger partial charge on any atom is 0.221 e. The minimum atomic E-state index is 0.407. The molecule has 0 bridgehead atoms. The lowest BCUT2D eigenvalue weighted by Gasteiger charge is -2.19. The van der Waals surface area contributed by atoms with E-state index in [2.05, 4.69) is 47.0 Å². The number of hydrogen-bond donors (Lipinski definition) is 1. The van der Waals surface area contributed by atoms with E-state index in [1.165, 1.54) is 5.56 Å². The maximum atomic E-state index is 5.80. The maximum absolute atomic E-state index is 5.80. The highest BCUT2D eigenvalue weighted by molar-refractivity contribution is 5.81. The van der Waals surface area contributed by atoms with Gasteiger partial charge in [-0.3, -0.25) is 4.90 Å². The van der Waals surface area contributed by atoms with Gasteiger partial charge in [-0.2, -0.15) is 5.10 Å². The molecular weight excluding hydrogens is 262 g/mol. The average molecular weight is 285 g/mol. The normalized spacial score (nSPS) is 11.6. The molecular formula is C16H23N5. The summed E-state index contributed by atoms with van der Waals surface area (Å²) in [6, 6.07) is 8.30. The van der Waals surface area contributed by atoms with Crippen molar-refractivity contribution in [1.29, 1.82) is 0 Å². The van der Waals surface area contributed by atoms with Gasteiger partial charge in [0.05, 0.1) is 18.1 Å². The summed E-state index contributed by atoms with van der Waals surface area (Å²) in [5.41, 5.74) is 9.03. The van der Waals surface area contributed by atoms with E-state index in [1.807, 2.05) is 25.4 Å². The summed E-state index contributed by atoms with van der Waals surface area (Å²) in [6.45, 7) is 9.25. The van der Waals surface area contributed by atoms with E-state index in [-0.39, 0.29) is 0 Å². The van der Waals surface area contributed by atoms with Gasteiger partial charge in [0, 0.05) is 6.54 Å². The molecule has 0 spiro atoms. The van der Waals surface area contributed by atoms with Gasteiger partial charge < -0.3 is 5.73 Å². The molecule has 0 amide bonds. The molecule has 0 aliphatic rings. The van der Waals surface area contributed by atoms with E-state index in [9.17, 15) is 0 Å². The fourth-order valence-corrected chi connectivity index (χ4v) is 2.21. The van der Waals surface area contributed by atoms with Crippen LogP contribution in [0.25, 0.3) is 0 Å². The number of imidazole rings is 1. The second-order valence-electron chi connectivity index (χ2n) is 4.99. The highest BCUT2D eigenvalue weighted by atomic mass is 15.4. The first-order chi connectivity index (χ1) is 10.1. The van der Waals surface area contributed by atoms with Crippen LogP contribution >= 0.6 is 0 Å². The lowest BCUT2D eigenvalue weighted by molar-refractivity contribution is 0.296. The highest BCUT2D eigenvalue weighted by Gasteiger charge is 2.05. The molecule has 0 unspecified atom stereocenters. The molecule has 1 heterocycles. The largest absolute Gasteiger partial charge is 0.368 e. The molecule has 0 atom stereocenters. The van der Waals surface area contributed by atoms with Crippen LogP contribution < -0.4 is 5.73 Å². The van der Waals surface area contributed by atoms with E-state index in [1.54, 1.807) is 4.68 Å². The van der Waals surface area contributed by atoms with Gasteiger partial charge >= 0.3 is 0 Å². The second kappa shape index (κ2) is 7.04. The molecule has 0 radical (unpaired) electrons. The number of nitrogen functional groups attached to an aromatic ring is 1. The molecule has 2 rings (SSSR count). The Kier molecular flexibility index (Phi) is 5.11. The summed E-state index contributed by atoms with van der Waals surface area (Å²) in [6.07, 6.45) is 3.66. The molecule has 0 saturated heterocycles. The summed E-state index contributed by atoms with van der Waals surface area (Å²) in [5, 5.41) is 4.40. The summed E-state index contributed by atoms with van der Waals surface area (Å²) >= 11 is 0. The molecule has 112 valence electrons. The fourth-order valence-electron chi connectivity index (χ4n) is 2.21. The summed E-state index contributed by atoms with van der Waals surface area (Å²) in [7, 11) is 0. The predicted molar refractivity (Wildman–Crippen MR) is 87.4 cm³/mol. The molecule has 0 saturated carbocycles. The number of aromatic nitrogens is 2. The zero-order valence-corrected chi connectivity index (χ0v) is 13.0. The van der Waals surface area contributed by atoms with Crippen molar-refractivity contribution in [1.82, 2.24) is 14.6 Å². The van der Waals surface area contributed by atoms with Gasteiger partial charge in [0.1, 0.15) is 0 Å². The Morgan fingerprint density at radius 1 is 1.29 bits per heavy atom. The van der Waals surface area contributed by atoms with Crippen molar-refractivity contribution in [2.24, 2.45) is 5.10 Å². The lowest BCUT2D eigenvalue weighted by atomic mass is 10.1. The van der Waals surface area contributed by atoms with Crippen LogP contribution in [0, 0.1) is 6.92 Å². The average Bonchev–Trinajstić information content (AvgIpc) is 2.81. The van der Waals surface area contributed by atoms with Crippen molar-refractivity contribution in [2.45, 2.75) is 27.3 Å². The van der Waals surface area contributed by atoms with E-state index < -0.39 is 0 Å². The Balaban J connectivity index is 2.22. The first kappa shape index (κ1) is 15.3. The van der Waals surface area contributed by atoms with Crippen LogP contribution in [0.4, 0.5) is 5.95 Å². The van der Waals surface area contributed by atoms with Gasteiger partial charge in [-0.15, -0.1) is 0 Å². The van der Waals surface area contributed by atoms with Crippen molar-refractivity contribution >= 4 is 12.2 Å². The predicted octanol–water partition coefficient (Wildman–Crippen LogP) is 2.50. The molecule has 1 aromatic heterocycles. The lowest BCUT2D eigenvalue weighted by Crippen LogP contribution is -2.22. The zero-order chi connectivity index (χ0) is 15.2. The van der Waals surface area contributed by atoms with E-state index in [0.717, 1.165) is 30.9 Å². The second-order valence-corrected chi connectivity index (χ2v) is 4.99. The van der Waals surface area contributed by atoms with Gasteiger partial charge in [0.25, 0.3) is 0 Å². The van der Waals surface area contributed by atoms with Crippen LogP contribution in [-0.4, -0.2) is 33.9 Å². The number of hydrogen-bond acceptors (Lipinski definition) is 4. The van der Waals surface area contributed by atoms with Gasteiger partial charge in [-0.1, -0.05) is 38.1 Å². The molecule has 2 aromatic rings. The third-order valence-electron chi connectivity index (χ3n) is 3.50. The molecule has 21 heavy (non-hydrogen) atoms. The highest BCUT2D eigenvalue weighted by Crippen LogP contribution is 2.11. The number of rotatable bonds is 6. The molecule has 2 N–H and O–H groups in total. The van der Waals surface area contributed by atoms with Crippen LogP contribution in [0.5, 0.6) is 0 Å². The van der Waals surface area contributed by atoms with Crippen LogP contribution in [0.2, 0.25) is 0 Å². The van der Waals surface area contributed by atoms with Crippen molar-refractivity contribution < 1.29 is 0 Å². The first-order valence-corrected chi connectivity index (χ1v) is 7.30. The minimum Gasteiger partial charge on any atom is -0.368 e. The van der Waals surface area contributed by atoms with Gasteiger partial charge in [-0.25, -0.2) is 9.66 Å². The van der Waals surface area contributed by atoms with Crippen LogP contribution in [0.1, 0.15) is 30.7 Å². The number of nitrogens with two attached hydrogens (primary N) is 1. The minimum absolute atomic E-state index is 0.407. The molecule has 0 fully saturated rings. The Morgan fingerprint density at radius 3 is 2.62 bits per heavy atom. The summed E-state index contributed by atoms with van der Waals surface area (Å²) < 4.78 is 1.60. The van der Waals surface area contributed by atoms with E-state index >= 15 is 0 Å². The topological polar surface area (TPSA) is 59.4 Å². The van der Waals surface area contributed by atoms with Crippen molar-refractivity contribution in [2.75, 3.05) is 18.8 Å².